The van der Waals surface area contributed by atoms with Crippen molar-refractivity contribution in [3.8, 4) is 0 Å². The summed E-state index contributed by atoms with van der Waals surface area (Å²) in [4.78, 5) is 6.33. The highest BCUT2D eigenvalue weighted by Gasteiger charge is 2.17. The van der Waals surface area contributed by atoms with E-state index in [1.165, 1.54) is 12.8 Å². The fourth-order valence-electron chi connectivity index (χ4n) is 2.04. The molecule has 0 radical (unpaired) electrons. The smallest absolute Gasteiger partial charge is 0.240 e. The molecule has 1 unspecified atom stereocenters. The minimum Gasteiger partial charge on any atom is -0.377 e. The van der Waals surface area contributed by atoms with Crippen molar-refractivity contribution in [3.63, 3.8) is 0 Å². The predicted molar refractivity (Wildman–Crippen MR) is 69.4 cm³/mol. The van der Waals surface area contributed by atoms with Crippen LogP contribution in [0.2, 0.25) is 0 Å². The maximum Gasteiger partial charge on any atom is 0.240 e. The zero-order chi connectivity index (χ0) is 12.1. The van der Waals surface area contributed by atoms with Gasteiger partial charge in [-0.2, -0.15) is 4.98 Å². The molecule has 1 aliphatic heterocycles. The van der Waals surface area contributed by atoms with Crippen molar-refractivity contribution in [2.75, 3.05) is 20.2 Å². The quantitative estimate of drug-likeness (QED) is 0.863. The lowest BCUT2D eigenvalue weighted by Gasteiger charge is -2.26. The van der Waals surface area contributed by atoms with Crippen LogP contribution in [0.25, 0.3) is 0 Å². The van der Waals surface area contributed by atoms with Gasteiger partial charge in [-0.15, -0.1) is 12.4 Å². The molecular formula is C11H21ClN4O2. The molecule has 7 heteroatoms. The average Bonchev–Trinajstić information content (AvgIpc) is 2.78. The Morgan fingerprint density at radius 1 is 1.44 bits per heavy atom. The van der Waals surface area contributed by atoms with Gasteiger partial charge in [-0.05, 0) is 26.3 Å². The Labute approximate surface area is 113 Å². The van der Waals surface area contributed by atoms with Crippen LogP contribution in [-0.2, 0) is 17.8 Å². The zero-order valence-electron chi connectivity index (χ0n) is 10.7. The molecule has 1 aromatic heterocycles. The fraction of sp³-hybridized carbons (Fsp3) is 0.818. The van der Waals surface area contributed by atoms with Crippen LogP contribution in [0.1, 0.15) is 31.0 Å². The van der Waals surface area contributed by atoms with E-state index >= 15 is 0 Å². The first kappa shape index (κ1) is 15.4. The molecule has 2 heterocycles. The number of ether oxygens (including phenoxy) is 1. The summed E-state index contributed by atoms with van der Waals surface area (Å²) in [5.41, 5.74) is 5.41. The summed E-state index contributed by atoms with van der Waals surface area (Å²) in [6.07, 6.45) is 3.93. The van der Waals surface area contributed by atoms with E-state index in [9.17, 15) is 0 Å². The third kappa shape index (κ3) is 4.53. The second-order valence-electron chi connectivity index (χ2n) is 4.49. The summed E-state index contributed by atoms with van der Waals surface area (Å²) in [7, 11) is 2.04. The highest BCUT2D eigenvalue weighted by molar-refractivity contribution is 5.85. The van der Waals surface area contributed by atoms with Crippen molar-refractivity contribution in [3.05, 3.63) is 11.7 Å². The summed E-state index contributed by atoms with van der Waals surface area (Å²) in [6.45, 7) is 2.76. The molecule has 1 aromatic rings. The topological polar surface area (TPSA) is 77.4 Å². The predicted octanol–water partition coefficient (Wildman–Crippen LogP) is 0.951. The Kier molecular flexibility index (Phi) is 6.56. The molecule has 1 fully saturated rings. The largest absolute Gasteiger partial charge is 0.377 e. The third-order valence-corrected chi connectivity index (χ3v) is 2.89. The molecule has 0 aliphatic carbocycles. The van der Waals surface area contributed by atoms with Gasteiger partial charge < -0.3 is 15.0 Å². The Hall–Kier alpha value is -0.690. The lowest BCUT2D eigenvalue weighted by atomic mass is 10.1. The highest BCUT2D eigenvalue weighted by atomic mass is 35.5. The summed E-state index contributed by atoms with van der Waals surface area (Å²) >= 11 is 0. The van der Waals surface area contributed by atoms with Crippen LogP contribution in [0, 0.1) is 0 Å². The van der Waals surface area contributed by atoms with Crippen LogP contribution in [0.5, 0.6) is 0 Å². The molecule has 6 nitrogen and oxygen atoms in total. The number of nitrogens with zero attached hydrogens (tertiary/aromatic N) is 3. The van der Waals surface area contributed by atoms with Gasteiger partial charge in [0.25, 0.3) is 0 Å². The van der Waals surface area contributed by atoms with Crippen LogP contribution in [0.3, 0.4) is 0 Å². The van der Waals surface area contributed by atoms with Crippen molar-refractivity contribution >= 4 is 12.4 Å². The van der Waals surface area contributed by atoms with Crippen LogP contribution in [0.4, 0.5) is 0 Å². The molecule has 1 aliphatic rings. The molecule has 1 saturated heterocycles. The maximum atomic E-state index is 5.69. The van der Waals surface area contributed by atoms with Crippen molar-refractivity contribution in [2.45, 2.75) is 38.5 Å². The number of aromatic nitrogens is 2. The van der Waals surface area contributed by atoms with Crippen molar-refractivity contribution in [2.24, 2.45) is 5.73 Å². The SMILES string of the molecule is CN(Cc1noc(CN)n1)CC1CCCCO1.Cl. The zero-order valence-corrected chi connectivity index (χ0v) is 11.5. The summed E-state index contributed by atoms with van der Waals surface area (Å²) in [5.74, 6) is 1.17. The Bertz CT molecular complexity index is 342. The van der Waals surface area contributed by atoms with E-state index in [2.05, 4.69) is 15.0 Å². The number of halogens is 1. The molecular weight excluding hydrogens is 256 g/mol. The standard InChI is InChI=1S/C11H20N4O2.ClH/c1-15(7-9-4-2-3-5-16-9)8-10-13-11(6-12)17-14-10;/h9H,2-8,12H2,1H3;1H. The first-order chi connectivity index (χ1) is 8.28. The van der Waals surface area contributed by atoms with Crippen LogP contribution in [-0.4, -0.2) is 41.3 Å². The highest BCUT2D eigenvalue weighted by Crippen LogP contribution is 2.14. The van der Waals surface area contributed by atoms with Gasteiger partial charge in [-0.25, -0.2) is 0 Å². The van der Waals surface area contributed by atoms with Gasteiger partial charge in [0.2, 0.25) is 5.89 Å². The Balaban J connectivity index is 0.00000162. The second kappa shape index (κ2) is 7.68. The van der Waals surface area contributed by atoms with E-state index in [0.29, 0.717) is 30.9 Å². The number of hydrogen-bond acceptors (Lipinski definition) is 6. The first-order valence-corrected chi connectivity index (χ1v) is 6.09. The second-order valence-corrected chi connectivity index (χ2v) is 4.49. The van der Waals surface area contributed by atoms with E-state index in [0.717, 1.165) is 19.6 Å². The molecule has 104 valence electrons. The average molecular weight is 277 g/mol. The van der Waals surface area contributed by atoms with Crippen molar-refractivity contribution < 1.29 is 9.26 Å². The molecule has 0 bridgehead atoms. The van der Waals surface area contributed by atoms with E-state index in [1.807, 2.05) is 7.05 Å². The number of rotatable bonds is 5. The lowest BCUT2D eigenvalue weighted by Crippen LogP contribution is -2.33. The molecule has 0 spiro atoms. The minimum absolute atomic E-state index is 0. The van der Waals surface area contributed by atoms with Crippen molar-refractivity contribution in [1.29, 1.82) is 0 Å². The molecule has 1 atom stereocenters. The van der Waals surface area contributed by atoms with E-state index in [4.69, 9.17) is 15.0 Å². The molecule has 0 aromatic carbocycles. The van der Waals surface area contributed by atoms with Gasteiger partial charge >= 0.3 is 0 Å². The molecule has 2 rings (SSSR count). The van der Waals surface area contributed by atoms with Gasteiger partial charge in [0, 0.05) is 13.2 Å². The molecule has 0 amide bonds. The Morgan fingerprint density at radius 3 is 2.89 bits per heavy atom. The monoisotopic (exact) mass is 276 g/mol. The van der Waals surface area contributed by atoms with Gasteiger partial charge in [0.1, 0.15) is 0 Å². The van der Waals surface area contributed by atoms with Gasteiger partial charge in [0.15, 0.2) is 5.82 Å². The number of hydrogen-bond donors (Lipinski definition) is 1. The Morgan fingerprint density at radius 2 is 2.28 bits per heavy atom. The fourth-order valence-corrected chi connectivity index (χ4v) is 2.04. The number of likely N-dealkylation sites (N-methyl/N-ethyl adjacent to an activating group) is 1. The normalized spacial score (nSPS) is 19.8. The lowest BCUT2D eigenvalue weighted by molar-refractivity contribution is -0.00299. The summed E-state index contributed by atoms with van der Waals surface area (Å²) in [6, 6.07) is 0. The maximum absolute atomic E-state index is 5.69. The van der Waals surface area contributed by atoms with Crippen molar-refractivity contribution in [1.82, 2.24) is 15.0 Å². The van der Waals surface area contributed by atoms with E-state index in [-0.39, 0.29) is 12.4 Å². The first-order valence-electron chi connectivity index (χ1n) is 6.09. The van der Waals surface area contributed by atoms with Crippen LogP contribution >= 0.6 is 12.4 Å². The van der Waals surface area contributed by atoms with Gasteiger partial charge in [-0.1, -0.05) is 5.16 Å². The third-order valence-electron chi connectivity index (χ3n) is 2.89. The van der Waals surface area contributed by atoms with E-state index in [1.54, 1.807) is 0 Å². The van der Waals surface area contributed by atoms with E-state index < -0.39 is 0 Å². The molecule has 18 heavy (non-hydrogen) atoms. The van der Waals surface area contributed by atoms with Crippen LogP contribution in [0.15, 0.2) is 4.52 Å². The summed E-state index contributed by atoms with van der Waals surface area (Å²) < 4.78 is 10.6. The molecule has 2 N–H and O–H groups in total. The molecule has 0 saturated carbocycles. The number of nitrogens with two attached hydrogens (primary N) is 1. The minimum atomic E-state index is 0. The van der Waals surface area contributed by atoms with Crippen LogP contribution < -0.4 is 5.73 Å². The summed E-state index contributed by atoms with van der Waals surface area (Å²) in [5, 5.41) is 3.87. The van der Waals surface area contributed by atoms with Gasteiger partial charge in [0.05, 0.1) is 19.2 Å². The van der Waals surface area contributed by atoms with Gasteiger partial charge in [-0.3, -0.25) is 4.90 Å².